The first kappa shape index (κ1) is 22.4. The number of rotatable bonds is 7. The van der Waals surface area contributed by atoms with E-state index in [4.69, 9.17) is 9.47 Å². The smallest absolute Gasteiger partial charge is 0.331 e. The maximum Gasteiger partial charge on any atom is 0.331 e. The highest BCUT2D eigenvalue weighted by Gasteiger charge is 2.22. The number of benzene rings is 2. The number of hydrogen-bond donors (Lipinski definition) is 1. The van der Waals surface area contributed by atoms with Gasteiger partial charge >= 0.3 is 5.69 Å². The first-order valence-corrected chi connectivity index (χ1v) is 11.0. The van der Waals surface area contributed by atoms with E-state index in [0.717, 1.165) is 15.7 Å². The van der Waals surface area contributed by atoms with Gasteiger partial charge in [-0.15, -0.1) is 0 Å². The first-order chi connectivity index (χ1) is 15.9. The summed E-state index contributed by atoms with van der Waals surface area (Å²) in [5.41, 5.74) is 0.749. The molecule has 1 amide bonds. The van der Waals surface area contributed by atoms with E-state index < -0.39 is 17.2 Å². The SMILES string of the molecule is CC(C)C(NC(=O)Cn1c(=O)ccn(Cc2ccccc2)c1=O)c1ccc2c(c1)OCCO2. The van der Waals surface area contributed by atoms with Gasteiger partial charge in [-0.3, -0.25) is 18.7 Å². The summed E-state index contributed by atoms with van der Waals surface area (Å²) in [6, 6.07) is 16.0. The highest BCUT2D eigenvalue weighted by atomic mass is 16.6. The van der Waals surface area contributed by atoms with Gasteiger partial charge in [0.15, 0.2) is 11.5 Å². The molecule has 3 aromatic rings. The molecule has 0 saturated carbocycles. The minimum absolute atomic E-state index is 0.0683. The Morgan fingerprint density at radius 3 is 2.45 bits per heavy atom. The molecule has 0 fully saturated rings. The molecule has 1 unspecified atom stereocenters. The van der Waals surface area contributed by atoms with Crippen LogP contribution >= 0.6 is 0 Å². The van der Waals surface area contributed by atoms with Gasteiger partial charge in [0.25, 0.3) is 5.56 Å². The van der Waals surface area contributed by atoms with Crippen molar-refractivity contribution in [2.75, 3.05) is 13.2 Å². The van der Waals surface area contributed by atoms with Gasteiger partial charge in [0, 0.05) is 12.3 Å². The molecule has 1 aliphatic rings. The van der Waals surface area contributed by atoms with Gasteiger partial charge in [0.2, 0.25) is 5.91 Å². The lowest BCUT2D eigenvalue weighted by Crippen LogP contribution is -2.44. The molecule has 2 aromatic carbocycles. The number of carbonyl (C=O) groups is 1. The highest BCUT2D eigenvalue weighted by Crippen LogP contribution is 2.34. The summed E-state index contributed by atoms with van der Waals surface area (Å²) in [5.74, 6) is 0.967. The predicted octanol–water partition coefficient (Wildman–Crippen LogP) is 2.34. The number of nitrogens with zero attached hydrogens (tertiary/aromatic N) is 2. The highest BCUT2D eigenvalue weighted by molar-refractivity contribution is 5.76. The molecule has 2 heterocycles. The number of carbonyl (C=O) groups excluding carboxylic acids is 1. The van der Waals surface area contributed by atoms with E-state index >= 15 is 0 Å². The summed E-state index contributed by atoms with van der Waals surface area (Å²) in [7, 11) is 0. The Hall–Kier alpha value is -3.81. The summed E-state index contributed by atoms with van der Waals surface area (Å²) in [6.07, 6.45) is 1.46. The van der Waals surface area contributed by atoms with Gasteiger partial charge in [0.1, 0.15) is 19.8 Å². The lowest BCUT2D eigenvalue weighted by atomic mass is 9.95. The van der Waals surface area contributed by atoms with E-state index in [1.807, 2.05) is 62.4 Å². The van der Waals surface area contributed by atoms with Gasteiger partial charge in [0.05, 0.1) is 12.6 Å². The van der Waals surface area contributed by atoms with Crippen LogP contribution in [0.15, 0.2) is 70.4 Å². The van der Waals surface area contributed by atoms with Crippen molar-refractivity contribution < 1.29 is 14.3 Å². The maximum absolute atomic E-state index is 12.9. The standard InChI is InChI=1S/C25H27N3O5/c1-17(2)24(19-8-9-20-21(14-19)33-13-12-32-20)26-22(29)16-28-23(30)10-11-27(25(28)31)15-18-6-4-3-5-7-18/h3-11,14,17,24H,12-13,15-16H2,1-2H3,(H,26,29). The Balaban J connectivity index is 1.53. The second-order valence-corrected chi connectivity index (χ2v) is 8.33. The fourth-order valence-electron chi connectivity index (χ4n) is 3.85. The molecule has 0 radical (unpaired) electrons. The van der Waals surface area contributed by atoms with Crippen LogP contribution < -0.4 is 26.0 Å². The Labute approximate surface area is 191 Å². The molecule has 0 spiro atoms. The number of hydrogen-bond acceptors (Lipinski definition) is 5. The molecular weight excluding hydrogens is 422 g/mol. The molecule has 1 atom stereocenters. The van der Waals surface area contributed by atoms with E-state index in [9.17, 15) is 14.4 Å². The zero-order valence-electron chi connectivity index (χ0n) is 18.7. The molecule has 1 N–H and O–H groups in total. The van der Waals surface area contributed by atoms with Crippen LogP contribution in [-0.2, 0) is 17.9 Å². The monoisotopic (exact) mass is 449 g/mol. The van der Waals surface area contributed by atoms with Crippen LogP contribution in [0.4, 0.5) is 0 Å². The predicted molar refractivity (Wildman–Crippen MR) is 124 cm³/mol. The number of nitrogens with one attached hydrogen (secondary N) is 1. The molecular formula is C25H27N3O5. The van der Waals surface area contributed by atoms with E-state index in [0.29, 0.717) is 31.3 Å². The van der Waals surface area contributed by atoms with Gasteiger partial charge < -0.3 is 14.8 Å². The van der Waals surface area contributed by atoms with Gasteiger partial charge in [-0.2, -0.15) is 0 Å². The summed E-state index contributed by atoms with van der Waals surface area (Å²) < 4.78 is 13.6. The zero-order valence-corrected chi connectivity index (χ0v) is 18.7. The molecule has 0 saturated heterocycles. The summed E-state index contributed by atoms with van der Waals surface area (Å²) in [6.45, 7) is 4.91. The quantitative estimate of drug-likeness (QED) is 0.598. The Morgan fingerprint density at radius 1 is 1.00 bits per heavy atom. The number of aromatic nitrogens is 2. The van der Waals surface area contributed by atoms with Crippen LogP contribution in [-0.4, -0.2) is 28.3 Å². The van der Waals surface area contributed by atoms with Crippen LogP contribution in [0.5, 0.6) is 11.5 Å². The average Bonchev–Trinajstić information content (AvgIpc) is 2.82. The lowest BCUT2D eigenvalue weighted by Gasteiger charge is -2.25. The molecule has 8 nitrogen and oxygen atoms in total. The fourth-order valence-corrected chi connectivity index (χ4v) is 3.85. The third kappa shape index (κ3) is 5.16. The van der Waals surface area contributed by atoms with E-state index in [1.54, 1.807) is 0 Å². The Bertz CT molecular complexity index is 1250. The normalized spacial score (nSPS) is 13.5. The van der Waals surface area contributed by atoms with Crippen molar-refractivity contribution in [1.82, 2.24) is 14.5 Å². The third-order valence-corrected chi connectivity index (χ3v) is 5.55. The maximum atomic E-state index is 12.9. The van der Waals surface area contributed by atoms with Crippen molar-refractivity contribution in [2.45, 2.75) is 33.0 Å². The van der Waals surface area contributed by atoms with Crippen LogP contribution in [0, 0.1) is 5.92 Å². The number of fused-ring (bicyclic) bond motifs is 1. The Kier molecular flexibility index (Phi) is 6.63. The summed E-state index contributed by atoms with van der Waals surface area (Å²) in [4.78, 5) is 38.2. The summed E-state index contributed by atoms with van der Waals surface area (Å²) in [5, 5.41) is 2.97. The molecule has 0 aliphatic carbocycles. The molecule has 8 heteroatoms. The van der Waals surface area contributed by atoms with Gasteiger partial charge in [-0.25, -0.2) is 4.79 Å². The van der Waals surface area contributed by atoms with Crippen LogP contribution in [0.1, 0.15) is 31.0 Å². The van der Waals surface area contributed by atoms with Gasteiger partial charge in [-0.1, -0.05) is 50.2 Å². The van der Waals surface area contributed by atoms with Crippen molar-refractivity contribution in [3.05, 3.63) is 92.8 Å². The molecule has 1 aromatic heterocycles. The molecule has 33 heavy (non-hydrogen) atoms. The van der Waals surface area contributed by atoms with Crippen LogP contribution in [0.25, 0.3) is 0 Å². The second kappa shape index (κ2) is 9.77. The van der Waals surface area contributed by atoms with Crippen molar-refractivity contribution in [1.29, 1.82) is 0 Å². The van der Waals surface area contributed by atoms with Crippen LogP contribution in [0.3, 0.4) is 0 Å². The minimum atomic E-state index is -0.526. The minimum Gasteiger partial charge on any atom is -0.486 e. The largest absolute Gasteiger partial charge is 0.486 e. The molecule has 4 rings (SSSR count). The van der Waals surface area contributed by atoms with Crippen molar-refractivity contribution in [3.8, 4) is 11.5 Å². The average molecular weight is 450 g/mol. The van der Waals surface area contributed by atoms with Gasteiger partial charge in [-0.05, 0) is 29.2 Å². The van der Waals surface area contributed by atoms with Crippen molar-refractivity contribution in [3.63, 3.8) is 0 Å². The topological polar surface area (TPSA) is 91.6 Å². The zero-order chi connectivity index (χ0) is 23.4. The fraction of sp³-hybridized carbons (Fsp3) is 0.320. The van der Waals surface area contributed by atoms with Crippen LogP contribution in [0.2, 0.25) is 0 Å². The van der Waals surface area contributed by atoms with E-state index in [2.05, 4.69) is 5.32 Å². The first-order valence-electron chi connectivity index (χ1n) is 11.0. The number of amides is 1. The van der Waals surface area contributed by atoms with E-state index in [-0.39, 0.29) is 18.5 Å². The number of ether oxygens (including phenoxy) is 2. The third-order valence-electron chi connectivity index (χ3n) is 5.55. The molecule has 172 valence electrons. The summed E-state index contributed by atoms with van der Waals surface area (Å²) >= 11 is 0. The Morgan fingerprint density at radius 2 is 1.73 bits per heavy atom. The second-order valence-electron chi connectivity index (χ2n) is 8.33. The van der Waals surface area contributed by atoms with Crippen molar-refractivity contribution in [2.24, 2.45) is 5.92 Å². The molecule has 0 bridgehead atoms. The molecule has 1 aliphatic heterocycles. The lowest BCUT2D eigenvalue weighted by molar-refractivity contribution is -0.122. The van der Waals surface area contributed by atoms with E-state index in [1.165, 1.54) is 16.8 Å². The van der Waals surface area contributed by atoms with Crippen molar-refractivity contribution >= 4 is 5.91 Å².